The van der Waals surface area contributed by atoms with Crippen molar-refractivity contribution < 1.29 is 9.47 Å². The smallest absolute Gasteiger partial charge is 0.124 e. The lowest BCUT2D eigenvalue weighted by atomic mass is 10.0. The van der Waals surface area contributed by atoms with Crippen LogP contribution in [0.3, 0.4) is 0 Å². The quantitative estimate of drug-likeness (QED) is 0.569. The molecule has 0 unspecified atom stereocenters. The van der Waals surface area contributed by atoms with Crippen molar-refractivity contribution in [3.63, 3.8) is 0 Å². The predicted molar refractivity (Wildman–Crippen MR) is 125 cm³/mol. The number of hydrogen-bond donors (Lipinski definition) is 1. The van der Waals surface area contributed by atoms with Gasteiger partial charge >= 0.3 is 0 Å². The fraction of sp³-hybridized carbons (Fsp3) is 0.520. The van der Waals surface area contributed by atoms with E-state index < -0.39 is 0 Å². The number of nitrogens with one attached hydrogen (secondary N) is 1. The minimum Gasteiger partial charge on any atom is -0.497 e. The van der Waals surface area contributed by atoms with E-state index in [1.165, 1.54) is 24.1 Å². The molecule has 1 N–H and O–H groups in total. The molecule has 1 fully saturated rings. The van der Waals surface area contributed by atoms with Crippen molar-refractivity contribution in [3.8, 4) is 11.5 Å². The molecule has 1 saturated heterocycles. The van der Waals surface area contributed by atoms with Gasteiger partial charge in [0.1, 0.15) is 11.5 Å². The summed E-state index contributed by atoms with van der Waals surface area (Å²) in [5.41, 5.74) is 2.57. The molecule has 2 aromatic rings. The topological polar surface area (TPSA) is 37.0 Å². The molecule has 1 aliphatic rings. The van der Waals surface area contributed by atoms with E-state index in [1.807, 2.05) is 6.07 Å². The first-order valence-corrected chi connectivity index (χ1v) is 11.2. The van der Waals surface area contributed by atoms with Crippen molar-refractivity contribution in [2.45, 2.75) is 32.2 Å². The van der Waals surface area contributed by atoms with E-state index in [-0.39, 0.29) is 0 Å². The zero-order chi connectivity index (χ0) is 21.2. The van der Waals surface area contributed by atoms with Crippen LogP contribution in [-0.4, -0.2) is 64.4 Å². The number of methoxy groups -OCH3 is 2. The largest absolute Gasteiger partial charge is 0.497 e. The number of hydrogen-bond acceptors (Lipinski definition) is 5. The molecule has 1 aliphatic heterocycles. The van der Waals surface area contributed by atoms with Crippen LogP contribution in [-0.2, 0) is 6.42 Å². The highest BCUT2D eigenvalue weighted by molar-refractivity contribution is 5.56. The zero-order valence-electron chi connectivity index (χ0n) is 18.8. The maximum atomic E-state index is 5.49. The van der Waals surface area contributed by atoms with Gasteiger partial charge in [0.2, 0.25) is 0 Å². The van der Waals surface area contributed by atoms with Gasteiger partial charge in [-0.1, -0.05) is 43.7 Å². The van der Waals surface area contributed by atoms with Crippen LogP contribution in [0.4, 0.5) is 5.69 Å². The second-order valence-electron chi connectivity index (χ2n) is 8.00. The van der Waals surface area contributed by atoms with E-state index in [9.17, 15) is 0 Å². The predicted octanol–water partition coefficient (Wildman–Crippen LogP) is 3.83. The summed E-state index contributed by atoms with van der Waals surface area (Å²) in [5.74, 6) is 1.68. The highest BCUT2D eigenvalue weighted by atomic mass is 16.5. The van der Waals surface area contributed by atoms with Crippen molar-refractivity contribution >= 4 is 5.69 Å². The molecule has 0 amide bonds. The Hall–Kier alpha value is -2.24. The monoisotopic (exact) mass is 411 g/mol. The molecular formula is C25H37N3O2. The minimum absolute atomic E-state index is 0.478. The standard InChI is InChI=1S/C25H37N3O2/c1-4-5-11-26-12-13-27-14-15-28(20-23(27)16-21-9-7-6-8-10-21)22-17-24(29-2)19-25(18-22)30-3/h6-10,17-19,23,26H,4-5,11-16,20H2,1-3H3/t23-/m0/s1. The average Bonchev–Trinajstić information content (AvgIpc) is 2.80. The fourth-order valence-corrected chi connectivity index (χ4v) is 4.13. The van der Waals surface area contributed by atoms with Crippen LogP contribution < -0.4 is 19.7 Å². The third-order valence-corrected chi connectivity index (χ3v) is 5.90. The molecule has 164 valence electrons. The lowest BCUT2D eigenvalue weighted by Gasteiger charge is -2.43. The van der Waals surface area contributed by atoms with Gasteiger partial charge in [-0.2, -0.15) is 0 Å². The highest BCUT2D eigenvalue weighted by Gasteiger charge is 2.27. The molecule has 5 nitrogen and oxygen atoms in total. The lowest BCUT2D eigenvalue weighted by Crippen LogP contribution is -2.55. The number of rotatable bonds is 11. The molecule has 0 aromatic heterocycles. The SMILES string of the molecule is CCCCNCCN1CCN(c2cc(OC)cc(OC)c2)C[C@@H]1Cc1ccccc1. The maximum absolute atomic E-state index is 5.49. The third kappa shape index (κ3) is 6.38. The zero-order valence-corrected chi connectivity index (χ0v) is 18.8. The van der Waals surface area contributed by atoms with Gasteiger partial charge < -0.3 is 19.7 Å². The maximum Gasteiger partial charge on any atom is 0.124 e. The van der Waals surface area contributed by atoms with E-state index in [2.05, 4.69) is 64.5 Å². The molecule has 30 heavy (non-hydrogen) atoms. The molecule has 5 heteroatoms. The van der Waals surface area contributed by atoms with Gasteiger partial charge in [0.25, 0.3) is 0 Å². The Balaban J connectivity index is 1.70. The first-order chi connectivity index (χ1) is 14.7. The van der Waals surface area contributed by atoms with Crippen LogP contribution in [0.1, 0.15) is 25.3 Å². The number of piperazine rings is 1. The van der Waals surface area contributed by atoms with Crippen LogP contribution in [0.5, 0.6) is 11.5 Å². The summed E-state index contributed by atoms with van der Waals surface area (Å²) >= 11 is 0. The van der Waals surface area contributed by atoms with Gasteiger partial charge in [-0.05, 0) is 24.9 Å². The first kappa shape index (κ1) is 22.4. The van der Waals surface area contributed by atoms with Crippen LogP contribution in [0.15, 0.2) is 48.5 Å². The van der Waals surface area contributed by atoms with Crippen molar-refractivity contribution in [1.29, 1.82) is 0 Å². The highest BCUT2D eigenvalue weighted by Crippen LogP contribution is 2.30. The molecule has 3 rings (SSSR count). The Kier molecular flexibility index (Phi) is 8.84. The second-order valence-corrected chi connectivity index (χ2v) is 8.00. The van der Waals surface area contributed by atoms with Crippen molar-refractivity contribution in [3.05, 3.63) is 54.1 Å². The summed E-state index contributed by atoms with van der Waals surface area (Å²) in [5, 5.41) is 3.60. The van der Waals surface area contributed by atoms with Gasteiger partial charge in [-0.15, -0.1) is 0 Å². The Morgan fingerprint density at radius 1 is 0.967 bits per heavy atom. The van der Waals surface area contributed by atoms with Crippen molar-refractivity contribution in [2.75, 3.05) is 58.4 Å². The van der Waals surface area contributed by atoms with Gasteiger partial charge in [0, 0.05) is 62.7 Å². The van der Waals surface area contributed by atoms with E-state index in [1.54, 1.807) is 14.2 Å². The fourth-order valence-electron chi connectivity index (χ4n) is 4.13. The Bertz CT molecular complexity index is 731. The Labute approximate surface area is 182 Å². The molecule has 0 aliphatic carbocycles. The molecular weight excluding hydrogens is 374 g/mol. The van der Waals surface area contributed by atoms with Gasteiger partial charge in [0.15, 0.2) is 0 Å². The number of nitrogens with zero attached hydrogens (tertiary/aromatic N) is 2. The van der Waals surface area contributed by atoms with Gasteiger partial charge in [0.05, 0.1) is 14.2 Å². The third-order valence-electron chi connectivity index (χ3n) is 5.90. The van der Waals surface area contributed by atoms with E-state index >= 15 is 0 Å². The minimum atomic E-state index is 0.478. The van der Waals surface area contributed by atoms with Crippen molar-refractivity contribution in [1.82, 2.24) is 10.2 Å². The van der Waals surface area contributed by atoms with E-state index in [4.69, 9.17) is 9.47 Å². The average molecular weight is 412 g/mol. The molecule has 0 saturated carbocycles. The molecule has 1 heterocycles. The number of benzene rings is 2. The van der Waals surface area contributed by atoms with Crippen molar-refractivity contribution in [2.24, 2.45) is 0 Å². The number of unbranched alkanes of at least 4 members (excludes halogenated alkanes) is 1. The molecule has 0 bridgehead atoms. The molecule has 0 spiro atoms. The first-order valence-electron chi connectivity index (χ1n) is 11.2. The van der Waals surface area contributed by atoms with Crippen LogP contribution >= 0.6 is 0 Å². The Morgan fingerprint density at radius 2 is 1.70 bits per heavy atom. The van der Waals surface area contributed by atoms with Gasteiger partial charge in [-0.3, -0.25) is 4.90 Å². The van der Waals surface area contributed by atoms with E-state index in [0.29, 0.717) is 6.04 Å². The van der Waals surface area contributed by atoms with E-state index in [0.717, 1.165) is 57.2 Å². The summed E-state index contributed by atoms with van der Waals surface area (Å²) in [6, 6.07) is 17.5. The summed E-state index contributed by atoms with van der Waals surface area (Å²) in [6.07, 6.45) is 3.55. The molecule has 2 aromatic carbocycles. The summed E-state index contributed by atoms with van der Waals surface area (Å²) in [4.78, 5) is 5.12. The summed E-state index contributed by atoms with van der Waals surface area (Å²) < 4.78 is 11.0. The number of ether oxygens (including phenoxy) is 2. The molecule has 0 radical (unpaired) electrons. The second kappa shape index (κ2) is 11.8. The molecule has 1 atom stereocenters. The normalized spacial score (nSPS) is 17.2. The van der Waals surface area contributed by atoms with Crippen LogP contribution in [0.25, 0.3) is 0 Å². The number of anilines is 1. The van der Waals surface area contributed by atoms with Gasteiger partial charge in [-0.25, -0.2) is 0 Å². The van der Waals surface area contributed by atoms with Crippen LogP contribution in [0, 0.1) is 0 Å². The Morgan fingerprint density at radius 3 is 2.37 bits per heavy atom. The lowest BCUT2D eigenvalue weighted by molar-refractivity contribution is 0.176. The van der Waals surface area contributed by atoms with Crippen LogP contribution in [0.2, 0.25) is 0 Å². The summed E-state index contributed by atoms with van der Waals surface area (Å²) in [6.45, 7) is 8.58. The summed E-state index contributed by atoms with van der Waals surface area (Å²) in [7, 11) is 3.42.